The van der Waals surface area contributed by atoms with Crippen LogP contribution in [0.4, 0.5) is 0 Å². The lowest BCUT2D eigenvalue weighted by Crippen LogP contribution is -2.47. The maximum Gasteiger partial charge on any atom is 0.241 e. The predicted molar refractivity (Wildman–Crippen MR) is 48.0 cm³/mol. The molecule has 1 aliphatic rings. The van der Waals surface area contributed by atoms with E-state index in [1.54, 1.807) is 12.4 Å². The van der Waals surface area contributed by atoms with E-state index in [0.717, 1.165) is 12.1 Å². The van der Waals surface area contributed by atoms with Crippen LogP contribution in [-0.2, 0) is 4.79 Å². The highest BCUT2D eigenvalue weighted by Crippen LogP contribution is 2.12. The lowest BCUT2D eigenvalue weighted by molar-refractivity contribution is -0.124. The van der Waals surface area contributed by atoms with Crippen LogP contribution in [-0.4, -0.2) is 24.0 Å². The maximum atomic E-state index is 11.4. The van der Waals surface area contributed by atoms with Crippen molar-refractivity contribution in [3.8, 4) is 0 Å². The number of carbonyl (C=O) groups excluding carboxylic acids is 1. The molecular weight excluding hydrogens is 166 g/mol. The summed E-state index contributed by atoms with van der Waals surface area (Å²) in [7, 11) is 0. The molecule has 0 aromatic carbocycles. The van der Waals surface area contributed by atoms with Crippen molar-refractivity contribution >= 4 is 5.91 Å². The van der Waals surface area contributed by atoms with Crippen LogP contribution < -0.4 is 10.6 Å². The van der Waals surface area contributed by atoms with Crippen molar-refractivity contribution in [2.45, 2.75) is 6.04 Å². The first-order chi connectivity index (χ1) is 6.38. The average Bonchev–Trinajstić information content (AvgIpc) is 2.20. The molecule has 0 bridgehead atoms. The number of nitrogens with one attached hydrogen (secondary N) is 2. The van der Waals surface area contributed by atoms with Crippen LogP contribution in [0, 0.1) is 0 Å². The van der Waals surface area contributed by atoms with Crippen LogP contribution in [0.1, 0.15) is 11.6 Å². The van der Waals surface area contributed by atoms with Gasteiger partial charge in [-0.1, -0.05) is 6.07 Å². The van der Waals surface area contributed by atoms with Crippen molar-refractivity contribution in [1.29, 1.82) is 0 Å². The molecule has 2 N–H and O–H groups in total. The Labute approximate surface area is 76.4 Å². The van der Waals surface area contributed by atoms with Crippen LogP contribution in [0.15, 0.2) is 24.5 Å². The normalized spacial score (nSPS) is 22.5. The van der Waals surface area contributed by atoms with Crippen LogP contribution in [0.3, 0.4) is 0 Å². The van der Waals surface area contributed by atoms with Gasteiger partial charge in [-0.3, -0.25) is 9.78 Å². The zero-order chi connectivity index (χ0) is 9.10. The molecule has 1 unspecified atom stereocenters. The van der Waals surface area contributed by atoms with Gasteiger partial charge in [0.25, 0.3) is 0 Å². The van der Waals surface area contributed by atoms with E-state index in [1.165, 1.54) is 0 Å². The van der Waals surface area contributed by atoms with Crippen molar-refractivity contribution < 1.29 is 4.79 Å². The minimum Gasteiger partial charge on any atom is -0.353 e. The van der Waals surface area contributed by atoms with Gasteiger partial charge < -0.3 is 10.6 Å². The molecule has 0 radical (unpaired) electrons. The summed E-state index contributed by atoms with van der Waals surface area (Å²) in [5, 5.41) is 5.93. The average molecular weight is 177 g/mol. The van der Waals surface area contributed by atoms with Gasteiger partial charge in [-0.05, 0) is 11.6 Å². The van der Waals surface area contributed by atoms with E-state index in [0.29, 0.717) is 6.54 Å². The van der Waals surface area contributed by atoms with E-state index in [9.17, 15) is 4.79 Å². The summed E-state index contributed by atoms with van der Waals surface area (Å²) in [5.74, 6) is 0.0271. The monoisotopic (exact) mass is 177 g/mol. The number of hydrogen-bond acceptors (Lipinski definition) is 3. The second-order valence-electron chi connectivity index (χ2n) is 2.96. The summed E-state index contributed by atoms with van der Waals surface area (Å²) < 4.78 is 0. The van der Waals surface area contributed by atoms with Crippen LogP contribution in [0.25, 0.3) is 0 Å². The summed E-state index contributed by atoms with van der Waals surface area (Å²) in [6, 6.07) is 3.50. The second kappa shape index (κ2) is 3.53. The maximum absolute atomic E-state index is 11.4. The first-order valence-electron chi connectivity index (χ1n) is 4.29. The highest BCUT2D eigenvalue weighted by atomic mass is 16.2. The number of rotatable bonds is 1. The third-order valence-electron chi connectivity index (χ3n) is 2.05. The Morgan fingerprint density at radius 1 is 1.46 bits per heavy atom. The van der Waals surface area contributed by atoms with Gasteiger partial charge in [0.05, 0.1) is 0 Å². The van der Waals surface area contributed by atoms with E-state index in [4.69, 9.17) is 0 Å². The molecule has 1 fully saturated rings. The Bertz CT molecular complexity index is 299. The summed E-state index contributed by atoms with van der Waals surface area (Å²) in [5.41, 5.74) is 0.916. The van der Waals surface area contributed by atoms with Crippen LogP contribution >= 0.6 is 0 Å². The second-order valence-corrected chi connectivity index (χ2v) is 2.96. The van der Waals surface area contributed by atoms with E-state index < -0.39 is 0 Å². The van der Waals surface area contributed by atoms with E-state index >= 15 is 0 Å². The number of piperazine rings is 1. The Morgan fingerprint density at radius 3 is 3.08 bits per heavy atom. The molecule has 1 aromatic heterocycles. The van der Waals surface area contributed by atoms with Crippen molar-refractivity contribution in [2.75, 3.05) is 13.1 Å². The van der Waals surface area contributed by atoms with Gasteiger partial charge in [0.15, 0.2) is 0 Å². The fourth-order valence-corrected chi connectivity index (χ4v) is 1.41. The Balaban J connectivity index is 2.20. The number of hydrogen-bond donors (Lipinski definition) is 2. The molecule has 1 aliphatic heterocycles. The minimum absolute atomic E-state index is 0.0271. The molecule has 0 saturated carbocycles. The topological polar surface area (TPSA) is 54.0 Å². The number of carbonyl (C=O) groups is 1. The zero-order valence-electron chi connectivity index (χ0n) is 7.16. The smallest absolute Gasteiger partial charge is 0.241 e. The highest BCUT2D eigenvalue weighted by molar-refractivity contribution is 5.83. The molecule has 2 heterocycles. The molecule has 1 atom stereocenters. The lowest BCUT2D eigenvalue weighted by atomic mass is 10.1. The summed E-state index contributed by atoms with van der Waals surface area (Å²) in [4.78, 5) is 15.4. The standard InChI is InChI=1S/C9H11N3O/c13-9-8(11-4-5-12-9)7-2-1-3-10-6-7/h1-3,6,8,11H,4-5H2,(H,12,13). The van der Waals surface area contributed by atoms with Gasteiger partial charge in [-0.25, -0.2) is 0 Å². The number of nitrogens with zero attached hydrogens (tertiary/aromatic N) is 1. The van der Waals surface area contributed by atoms with Crippen molar-refractivity contribution in [3.05, 3.63) is 30.1 Å². The molecule has 2 rings (SSSR count). The Kier molecular flexibility index (Phi) is 2.23. The Morgan fingerprint density at radius 2 is 2.38 bits per heavy atom. The highest BCUT2D eigenvalue weighted by Gasteiger charge is 2.22. The van der Waals surface area contributed by atoms with Crippen LogP contribution in [0.2, 0.25) is 0 Å². The lowest BCUT2D eigenvalue weighted by Gasteiger charge is -2.23. The van der Waals surface area contributed by atoms with E-state index in [2.05, 4.69) is 15.6 Å². The molecule has 4 heteroatoms. The molecule has 4 nitrogen and oxygen atoms in total. The number of aromatic nitrogens is 1. The van der Waals surface area contributed by atoms with Crippen molar-refractivity contribution in [1.82, 2.24) is 15.6 Å². The quantitative estimate of drug-likeness (QED) is 0.627. The summed E-state index contributed by atoms with van der Waals surface area (Å²) in [6.45, 7) is 1.51. The fraction of sp³-hybridized carbons (Fsp3) is 0.333. The Hall–Kier alpha value is -1.42. The van der Waals surface area contributed by atoms with Gasteiger partial charge in [0, 0.05) is 25.5 Å². The summed E-state index contributed by atoms with van der Waals surface area (Å²) in [6.07, 6.45) is 3.41. The largest absolute Gasteiger partial charge is 0.353 e. The SMILES string of the molecule is O=C1NCCNC1c1cccnc1. The third-order valence-corrected chi connectivity index (χ3v) is 2.05. The van der Waals surface area contributed by atoms with Crippen LogP contribution in [0.5, 0.6) is 0 Å². The molecule has 1 aromatic rings. The molecule has 0 aliphatic carbocycles. The van der Waals surface area contributed by atoms with Crippen molar-refractivity contribution in [3.63, 3.8) is 0 Å². The first-order valence-corrected chi connectivity index (χ1v) is 4.29. The zero-order valence-corrected chi connectivity index (χ0v) is 7.16. The van der Waals surface area contributed by atoms with Gasteiger partial charge in [-0.15, -0.1) is 0 Å². The molecule has 1 saturated heterocycles. The molecule has 0 spiro atoms. The summed E-state index contributed by atoms with van der Waals surface area (Å²) >= 11 is 0. The van der Waals surface area contributed by atoms with Gasteiger partial charge in [-0.2, -0.15) is 0 Å². The molecule has 1 amide bonds. The first kappa shape index (κ1) is 8.19. The van der Waals surface area contributed by atoms with Gasteiger partial charge >= 0.3 is 0 Å². The fourth-order valence-electron chi connectivity index (χ4n) is 1.41. The number of amides is 1. The number of pyridine rings is 1. The van der Waals surface area contributed by atoms with E-state index in [-0.39, 0.29) is 11.9 Å². The van der Waals surface area contributed by atoms with Gasteiger partial charge in [0.1, 0.15) is 6.04 Å². The third kappa shape index (κ3) is 1.67. The minimum atomic E-state index is -0.234. The molecule has 13 heavy (non-hydrogen) atoms. The molecular formula is C9H11N3O. The predicted octanol–water partition coefficient (Wildman–Crippen LogP) is -0.158. The van der Waals surface area contributed by atoms with E-state index in [1.807, 2.05) is 12.1 Å². The molecule has 68 valence electrons. The van der Waals surface area contributed by atoms with Crippen molar-refractivity contribution in [2.24, 2.45) is 0 Å². The van der Waals surface area contributed by atoms with Gasteiger partial charge in [0.2, 0.25) is 5.91 Å².